The highest BCUT2D eigenvalue weighted by Crippen LogP contribution is 2.27. The average molecular weight is 413 g/mol. The van der Waals surface area contributed by atoms with Crippen molar-refractivity contribution in [1.29, 1.82) is 0 Å². The summed E-state index contributed by atoms with van der Waals surface area (Å²) in [5.41, 5.74) is 3.55. The number of aliphatic carboxylic acids is 1. The van der Waals surface area contributed by atoms with Crippen molar-refractivity contribution in [2.75, 3.05) is 10.6 Å². The second kappa shape index (κ2) is 10.5. The van der Waals surface area contributed by atoms with Crippen molar-refractivity contribution in [2.45, 2.75) is 37.3 Å². The number of thioether (sulfide) groups is 1. The third-order valence-corrected chi connectivity index (χ3v) is 5.28. The summed E-state index contributed by atoms with van der Waals surface area (Å²) < 4.78 is 0. The van der Waals surface area contributed by atoms with E-state index >= 15 is 0 Å². The van der Waals surface area contributed by atoms with E-state index in [0.29, 0.717) is 5.69 Å². The molecule has 29 heavy (non-hydrogen) atoms. The molecule has 0 heterocycles. The number of aryl methyl sites for hydroxylation is 2. The van der Waals surface area contributed by atoms with Crippen molar-refractivity contribution in [2.24, 2.45) is 0 Å². The first-order valence-corrected chi connectivity index (χ1v) is 10.1. The van der Waals surface area contributed by atoms with E-state index < -0.39 is 11.9 Å². The lowest BCUT2D eigenvalue weighted by Gasteiger charge is -2.16. The van der Waals surface area contributed by atoms with Gasteiger partial charge in [-0.2, -0.15) is 0 Å². The summed E-state index contributed by atoms with van der Waals surface area (Å²) in [5, 5.41) is 13.8. The molecule has 1 unspecified atom stereocenters. The Morgan fingerprint density at radius 1 is 1.07 bits per heavy atom. The van der Waals surface area contributed by atoms with Crippen LogP contribution in [0.5, 0.6) is 0 Å². The van der Waals surface area contributed by atoms with Crippen LogP contribution in [0.15, 0.2) is 59.5 Å². The quantitative estimate of drug-likeness (QED) is 0.445. The van der Waals surface area contributed by atoms with Crippen molar-refractivity contribution in [1.82, 2.24) is 0 Å². The van der Waals surface area contributed by atoms with Crippen molar-refractivity contribution >= 4 is 40.9 Å². The zero-order valence-corrected chi connectivity index (χ0v) is 17.4. The second-order valence-electron chi connectivity index (χ2n) is 6.40. The van der Waals surface area contributed by atoms with Gasteiger partial charge in [-0.05, 0) is 55.7 Å². The number of hydrogen-bond donors (Lipinski definition) is 3. The van der Waals surface area contributed by atoms with Crippen LogP contribution < -0.4 is 10.6 Å². The molecule has 2 aromatic carbocycles. The molecule has 0 spiro atoms. The van der Waals surface area contributed by atoms with E-state index in [1.165, 1.54) is 11.8 Å². The standard InChI is InChI=1S/C22H24N2O4S/c1-4-16-7-5-6-14(2)21(16)24-22(28)15(3)29-18-10-8-17(9-11-18)23-19(25)12-13-20(26)27/h5-13,15H,4H2,1-3H3,(H,23,25)(H,24,28)(H,26,27)/b13-12+. The number of carbonyl (C=O) groups is 3. The van der Waals surface area contributed by atoms with Gasteiger partial charge in [0.05, 0.1) is 5.25 Å². The zero-order chi connectivity index (χ0) is 21.4. The molecular weight excluding hydrogens is 388 g/mol. The summed E-state index contributed by atoms with van der Waals surface area (Å²) in [7, 11) is 0. The maximum atomic E-state index is 12.6. The molecule has 0 radical (unpaired) electrons. The lowest BCUT2D eigenvalue weighted by molar-refractivity contribution is -0.131. The number of rotatable bonds is 8. The largest absolute Gasteiger partial charge is 0.478 e. The van der Waals surface area contributed by atoms with Crippen LogP contribution in [0.25, 0.3) is 0 Å². The van der Waals surface area contributed by atoms with Gasteiger partial charge in [0, 0.05) is 28.4 Å². The average Bonchev–Trinajstić information content (AvgIpc) is 2.69. The highest BCUT2D eigenvalue weighted by atomic mass is 32.2. The lowest BCUT2D eigenvalue weighted by Crippen LogP contribution is -2.23. The number of benzene rings is 2. The minimum absolute atomic E-state index is 0.0739. The monoisotopic (exact) mass is 412 g/mol. The molecule has 2 aromatic rings. The van der Waals surface area contributed by atoms with Crippen molar-refractivity contribution in [3.63, 3.8) is 0 Å². The summed E-state index contributed by atoms with van der Waals surface area (Å²) in [5.74, 6) is -1.78. The number of carboxylic acids is 1. The molecule has 0 aliphatic carbocycles. The van der Waals surface area contributed by atoms with E-state index in [1.54, 1.807) is 24.3 Å². The topological polar surface area (TPSA) is 95.5 Å². The van der Waals surface area contributed by atoms with Gasteiger partial charge in [0.25, 0.3) is 0 Å². The lowest BCUT2D eigenvalue weighted by atomic mass is 10.1. The third-order valence-electron chi connectivity index (χ3n) is 4.17. The van der Waals surface area contributed by atoms with Crippen LogP contribution >= 0.6 is 11.8 Å². The molecular formula is C22H24N2O4S. The molecule has 0 aliphatic heterocycles. The van der Waals surface area contributed by atoms with Crippen LogP contribution in [0.1, 0.15) is 25.0 Å². The van der Waals surface area contributed by atoms with E-state index in [2.05, 4.69) is 17.6 Å². The Kier molecular flexibility index (Phi) is 8.03. The molecule has 2 amide bonds. The Labute approximate surface area is 174 Å². The Balaban J connectivity index is 1.97. The maximum Gasteiger partial charge on any atom is 0.328 e. The van der Waals surface area contributed by atoms with Crippen molar-refractivity contribution < 1.29 is 19.5 Å². The predicted octanol–water partition coefficient (Wildman–Crippen LogP) is 4.26. The van der Waals surface area contributed by atoms with Crippen LogP contribution in [0.3, 0.4) is 0 Å². The molecule has 0 saturated carbocycles. The molecule has 0 bridgehead atoms. The first-order chi connectivity index (χ1) is 13.8. The molecule has 2 rings (SSSR count). The van der Waals surface area contributed by atoms with Gasteiger partial charge < -0.3 is 15.7 Å². The van der Waals surface area contributed by atoms with Gasteiger partial charge in [-0.25, -0.2) is 4.79 Å². The fourth-order valence-electron chi connectivity index (χ4n) is 2.63. The Morgan fingerprint density at radius 3 is 2.38 bits per heavy atom. The first kappa shape index (κ1) is 22.2. The minimum atomic E-state index is -1.18. The number of amides is 2. The number of carboxylic acid groups (broad SMARTS) is 1. The third kappa shape index (κ3) is 6.80. The number of carbonyl (C=O) groups excluding carboxylic acids is 2. The SMILES string of the molecule is CCc1cccc(C)c1NC(=O)C(C)Sc1ccc(NC(=O)/C=C/C(=O)O)cc1. The highest BCUT2D eigenvalue weighted by molar-refractivity contribution is 8.00. The van der Waals surface area contributed by atoms with Gasteiger partial charge >= 0.3 is 5.97 Å². The molecule has 3 N–H and O–H groups in total. The van der Waals surface area contributed by atoms with Gasteiger partial charge in [-0.1, -0.05) is 25.1 Å². The summed E-state index contributed by atoms with van der Waals surface area (Å²) in [6.45, 7) is 5.88. The van der Waals surface area contributed by atoms with E-state index in [4.69, 9.17) is 5.11 Å². The summed E-state index contributed by atoms with van der Waals surface area (Å²) >= 11 is 1.42. The molecule has 152 valence electrons. The molecule has 1 atom stereocenters. The van der Waals surface area contributed by atoms with E-state index in [-0.39, 0.29) is 11.2 Å². The van der Waals surface area contributed by atoms with Crippen LogP contribution in [0.2, 0.25) is 0 Å². The Hall–Kier alpha value is -3.06. The van der Waals surface area contributed by atoms with E-state index in [0.717, 1.165) is 40.3 Å². The van der Waals surface area contributed by atoms with Crippen LogP contribution in [-0.4, -0.2) is 28.1 Å². The molecule has 0 fully saturated rings. The summed E-state index contributed by atoms with van der Waals surface area (Å²) in [6, 6.07) is 13.0. The minimum Gasteiger partial charge on any atom is -0.478 e. The number of anilines is 2. The van der Waals surface area contributed by atoms with Crippen molar-refractivity contribution in [3.8, 4) is 0 Å². The summed E-state index contributed by atoms with van der Waals surface area (Å²) in [4.78, 5) is 35.5. The number of nitrogens with one attached hydrogen (secondary N) is 2. The van der Waals surface area contributed by atoms with Gasteiger partial charge in [0.1, 0.15) is 0 Å². The van der Waals surface area contributed by atoms with Crippen molar-refractivity contribution in [3.05, 3.63) is 65.7 Å². The smallest absolute Gasteiger partial charge is 0.328 e. The van der Waals surface area contributed by atoms with Crippen LogP contribution in [0, 0.1) is 6.92 Å². The van der Waals surface area contributed by atoms with Crippen LogP contribution in [-0.2, 0) is 20.8 Å². The fraction of sp³-hybridized carbons (Fsp3) is 0.227. The van der Waals surface area contributed by atoms with Gasteiger partial charge in [-0.3, -0.25) is 9.59 Å². The summed E-state index contributed by atoms with van der Waals surface area (Å²) in [6.07, 6.45) is 2.57. The molecule has 6 nitrogen and oxygen atoms in total. The molecule has 7 heteroatoms. The maximum absolute atomic E-state index is 12.6. The fourth-order valence-corrected chi connectivity index (χ4v) is 3.50. The molecule has 0 aliphatic rings. The van der Waals surface area contributed by atoms with E-state index in [9.17, 15) is 14.4 Å². The number of hydrogen-bond acceptors (Lipinski definition) is 4. The molecule has 0 saturated heterocycles. The van der Waals surface area contributed by atoms with Gasteiger partial charge in [0.2, 0.25) is 11.8 Å². The normalized spacial score (nSPS) is 11.8. The highest BCUT2D eigenvalue weighted by Gasteiger charge is 2.17. The first-order valence-electron chi connectivity index (χ1n) is 9.18. The van der Waals surface area contributed by atoms with E-state index in [1.807, 2.05) is 32.0 Å². The zero-order valence-electron chi connectivity index (χ0n) is 16.6. The Morgan fingerprint density at radius 2 is 1.76 bits per heavy atom. The number of para-hydroxylation sites is 1. The van der Waals surface area contributed by atoms with Crippen LogP contribution in [0.4, 0.5) is 11.4 Å². The predicted molar refractivity (Wildman–Crippen MR) is 116 cm³/mol. The second-order valence-corrected chi connectivity index (χ2v) is 7.81. The Bertz CT molecular complexity index is 923. The molecule has 0 aromatic heterocycles. The van der Waals surface area contributed by atoms with Gasteiger partial charge in [-0.15, -0.1) is 11.8 Å². The van der Waals surface area contributed by atoms with Gasteiger partial charge in [0.15, 0.2) is 0 Å².